The van der Waals surface area contributed by atoms with Crippen LogP contribution in [-0.4, -0.2) is 37.6 Å². The van der Waals surface area contributed by atoms with Crippen LogP contribution in [-0.2, 0) is 26.0 Å². The molecule has 3 aromatic rings. The van der Waals surface area contributed by atoms with Crippen LogP contribution in [0, 0.1) is 17.6 Å². The Bertz CT molecular complexity index is 1330. The molecule has 1 heterocycles. The van der Waals surface area contributed by atoms with Gasteiger partial charge in [0.2, 0.25) is 21.8 Å². The molecule has 3 aromatic carbocycles. The van der Waals surface area contributed by atoms with Gasteiger partial charge in [0.05, 0.1) is 6.42 Å². The van der Waals surface area contributed by atoms with Gasteiger partial charge < -0.3 is 0 Å². The Labute approximate surface area is 195 Å². The standard InChI is InChI=1S/C24H23F2N3O4S/c25-19-8-9-21(26)22(15-19)34(32,33)29-12-10-17(11-13-29)24(31)28-27-23(30)14-18-6-3-5-16-4-1-2-7-20(16)18/h1-9,15,17H,10-14H2,(H,27,30)(H,28,31). The van der Waals surface area contributed by atoms with Crippen LogP contribution in [0.15, 0.2) is 65.6 Å². The van der Waals surface area contributed by atoms with E-state index in [2.05, 4.69) is 10.9 Å². The van der Waals surface area contributed by atoms with E-state index < -0.39 is 38.4 Å². The van der Waals surface area contributed by atoms with Crippen molar-refractivity contribution in [2.75, 3.05) is 13.1 Å². The number of fused-ring (bicyclic) bond motifs is 1. The molecule has 0 bridgehead atoms. The number of hydrogen-bond donors (Lipinski definition) is 2. The van der Waals surface area contributed by atoms with E-state index in [1.54, 1.807) is 0 Å². The molecular weight excluding hydrogens is 464 g/mol. The average Bonchev–Trinajstić information content (AvgIpc) is 2.84. The third kappa shape index (κ3) is 5.07. The van der Waals surface area contributed by atoms with Gasteiger partial charge in [-0.05, 0) is 47.4 Å². The third-order valence-corrected chi connectivity index (χ3v) is 7.81. The number of rotatable bonds is 5. The van der Waals surface area contributed by atoms with E-state index in [1.165, 1.54) is 0 Å². The van der Waals surface area contributed by atoms with Gasteiger partial charge in [-0.1, -0.05) is 42.5 Å². The van der Waals surface area contributed by atoms with E-state index in [9.17, 15) is 26.8 Å². The van der Waals surface area contributed by atoms with Crippen LogP contribution >= 0.6 is 0 Å². The number of amides is 2. The highest BCUT2D eigenvalue weighted by molar-refractivity contribution is 7.89. The minimum absolute atomic E-state index is 0.0275. The maximum absolute atomic E-state index is 14.0. The molecule has 178 valence electrons. The lowest BCUT2D eigenvalue weighted by Gasteiger charge is -2.30. The van der Waals surface area contributed by atoms with Gasteiger partial charge in [0, 0.05) is 19.0 Å². The molecule has 7 nitrogen and oxygen atoms in total. The van der Waals surface area contributed by atoms with Crippen LogP contribution < -0.4 is 10.9 Å². The van der Waals surface area contributed by atoms with Crippen LogP contribution in [0.3, 0.4) is 0 Å². The highest BCUT2D eigenvalue weighted by Crippen LogP contribution is 2.26. The van der Waals surface area contributed by atoms with Crippen molar-refractivity contribution in [2.45, 2.75) is 24.2 Å². The zero-order chi connectivity index (χ0) is 24.3. The van der Waals surface area contributed by atoms with Crippen LogP contribution in [0.25, 0.3) is 10.8 Å². The average molecular weight is 488 g/mol. The molecule has 1 saturated heterocycles. The molecule has 1 fully saturated rings. The second-order valence-corrected chi connectivity index (χ2v) is 10.0. The number of hydrazine groups is 1. The fourth-order valence-corrected chi connectivity index (χ4v) is 5.62. The first kappa shape index (κ1) is 23.8. The fourth-order valence-electron chi connectivity index (χ4n) is 4.07. The summed E-state index contributed by atoms with van der Waals surface area (Å²) in [6.07, 6.45) is 0.444. The van der Waals surface area contributed by atoms with Crippen molar-refractivity contribution in [3.63, 3.8) is 0 Å². The molecule has 4 rings (SSSR count). The predicted molar refractivity (Wildman–Crippen MR) is 122 cm³/mol. The number of carbonyl (C=O) groups excluding carboxylic acids is 2. The number of hydrogen-bond acceptors (Lipinski definition) is 4. The molecule has 0 radical (unpaired) electrons. The smallest absolute Gasteiger partial charge is 0.246 e. The lowest BCUT2D eigenvalue weighted by molar-refractivity contribution is -0.131. The number of halogens is 2. The predicted octanol–water partition coefficient (Wildman–Crippen LogP) is 2.91. The lowest BCUT2D eigenvalue weighted by atomic mass is 9.97. The second kappa shape index (κ2) is 9.86. The van der Waals surface area contributed by atoms with E-state index in [0.717, 1.165) is 32.8 Å². The molecule has 0 unspecified atom stereocenters. The van der Waals surface area contributed by atoms with Crippen molar-refractivity contribution < 1.29 is 26.8 Å². The van der Waals surface area contributed by atoms with Crippen LogP contribution in [0.4, 0.5) is 8.78 Å². The van der Waals surface area contributed by atoms with Gasteiger partial charge in [-0.15, -0.1) is 0 Å². The number of carbonyl (C=O) groups is 2. The molecule has 1 aliphatic rings. The topological polar surface area (TPSA) is 95.6 Å². The van der Waals surface area contributed by atoms with Gasteiger partial charge in [0.25, 0.3) is 0 Å². The van der Waals surface area contributed by atoms with Gasteiger partial charge in [-0.2, -0.15) is 4.31 Å². The number of nitrogens with one attached hydrogen (secondary N) is 2. The first-order valence-electron chi connectivity index (χ1n) is 10.8. The van der Waals surface area contributed by atoms with Crippen molar-refractivity contribution in [3.05, 3.63) is 77.9 Å². The highest BCUT2D eigenvalue weighted by atomic mass is 32.2. The number of sulfonamides is 1. The molecule has 2 amide bonds. The van der Waals surface area contributed by atoms with Crippen molar-refractivity contribution in [3.8, 4) is 0 Å². The molecule has 0 aliphatic carbocycles. The fraction of sp³-hybridized carbons (Fsp3) is 0.250. The molecule has 0 spiro atoms. The Kier molecular flexibility index (Phi) is 6.90. The summed E-state index contributed by atoms with van der Waals surface area (Å²) in [6.45, 7) is -0.0549. The molecule has 34 heavy (non-hydrogen) atoms. The Hall–Kier alpha value is -3.37. The summed E-state index contributed by atoms with van der Waals surface area (Å²) in [6, 6.07) is 15.6. The first-order chi connectivity index (χ1) is 16.3. The van der Waals surface area contributed by atoms with Crippen molar-refractivity contribution in [2.24, 2.45) is 5.92 Å². The summed E-state index contributed by atoms with van der Waals surface area (Å²) in [5.41, 5.74) is 5.65. The molecular formula is C24H23F2N3O4S. The zero-order valence-corrected chi connectivity index (χ0v) is 18.9. The van der Waals surface area contributed by atoms with Crippen LogP contribution in [0.1, 0.15) is 18.4 Å². The highest BCUT2D eigenvalue weighted by Gasteiger charge is 2.34. The third-order valence-electron chi connectivity index (χ3n) is 5.89. The molecule has 10 heteroatoms. The summed E-state index contributed by atoms with van der Waals surface area (Å²) in [7, 11) is -4.23. The monoisotopic (exact) mass is 487 g/mol. The van der Waals surface area contributed by atoms with E-state index >= 15 is 0 Å². The van der Waals surface area contributed by atoms with Crippen LogP contribution in [0.2, 0.25) is 0 Å². The number of benzene rings is 3. The summed E-state index contributed by atoms with van der Waals surface area (Å²) in [5.74, 6) is -3.23. The second-order valence-electron chi connectivity index (χ2n) is 8.11. The summed E-state index contributed by atoms with van der Waals surface area (Å²) < 4.78 is 53.8. The normalized spacial score (nSPS) is 15.2. The van der Waals surface area contributed by atoms with Gasteiger partial charge in [-0.3, -0.25) is 20.4 Å². The summed E-state index contributed by atoms with van der Waals surface area (Å²) in [5, 5.41) is 1.96. The molecule has 2 N–H and O–H groups in total. The SMILES string of the molecule is O=C(Cc1cccc2ccccc12)NNC(=O)C1CCN(S(=O)(=O)c2cc(F)ccc2F)CC1. The number of nitrogens with zero attached hydrogens (tertiary/aromatic N) is 1. The lowest BCUT2D eigenvalue weighted by Crippen LogP contribution is -2.48. The Morgan fingerprint density at radius 1 is 0.941 bits per heavy atom. The summed E-state index contributed by atoms with van der Waals surface area (Å²) >= 11 is 0. The Morgan fingerprint density at radius 3 is 2.41 bits per heavy atom. The first-order valence-corrected chi connectivity index (χ1v) is 12.2. The minimum Gasteiger partial charge on any atom is -0.273 e. The molecule has 1 aliphatic heterocycles. The molecule has 0 aromatic heterocycles. The largest absolute Gasteiger partial charge is 0.273 e. The molecule has 0 atom stereocenters. The summed E-state index contributed by atoms with van der Waals surface area (Å²) in [4.78, 5) is 24.1. The Morgan fingerprint density at radius 2 is 1.65 bits per heavy atom. The zero-order valence-electron chi connectivity index (χ0n) is 18.1. The van der Waals surface area contributed by atoms with E-state index in [-0.39, 0.29) is 38.3 Å². The van der Waals surface area contributed by atoms with Gasteiger partial charge >= 0.3 is 0 Å². The number of piperidine rings is 1. The van der Waals surface area contributed by atoms with Crippen LogP contribution in [0.5, 0.6) is 0 Å². The van der Waals surface area contributed by atoms with E-state index in [0.29, 0.717) is 6.07 Å². The van der Waals surface area contributed by atoms with Crippen molar-refractivity contribution >= 4 is 32.6 Å². The van der Waals surface area contributed by atoms with Gasteiger partial charge in [-0.25, -0.2) is 17.2 Å². The maximum Gasteiger partial charge on any atom is 0.246 e. The van der Waals surface area contributed by atoms with E-state index in [4.69, 9.17) is 0 Å². The van der Waals surface area contributed by atoms with Crippen molar-refractivity contribution in [1.82, 2.24) is 15.2 Å². The maximum atomic E-state index is 14.0. The Balaban J connectivity index is 1.30. The van der Waals surface area contributed by atoms with E-state index in [1.807, 2.05) is 42.5 Å². The minimum atomic E-state index is -4.23. The molecule has 0 saturated carbocycles. The van der Waals surface area contributed by atoms with Gasteiger partial charge in [0.1, 0.15) is 16.5 Å². The van der Waals surface area contributed by atoms with Crippen molar-refractivity contribution in [1.29, 1.82) is 0 Å². The van der Waals surface area contributed by atoms with Gasteiger partial charge in [0.15, 0.2) is 0 Å². The quantitative estimate of drug-likeness (QED) is 0.541.